The summed E-state index contributed by atoms with van der Waals surface area (Å²) in [5.41, 5.74) is 12.0. The zero-order valence-corrected chi connectivity index (χ0v) is 19.5. The van der Waals surface area contributed by atoms with E-state index in [0.717, 1.165) is 23.2 Å². The van der Waals surface area contributed by atoms with Crippen LogP contribution in [0.15, 0.2) is 60.7 Å². The highest BCUT2D eigenvalue weighted by atomic mass is 16.5. The predicted molar refractivity (Wildman–Crippen MR) is 133 cm³/mol. The van der Waals surface area contributed by atoms with Crippen molar-refractivity contribution in [3.63, 3.8) is 0 Å². The van der Waals surface area contributed by atoms with E-state index in [1.54, 1.807) is 0 Å². The van der Waals surface area contributed by atoms with Gasteiger partial charge in [-0.2, -0.15) is 0 Å². The van der Waals surface area contributed by atoms with E-state index in [1.807, 2.05) is 7.11 Å². The topological polar surface area (TPSA) is 34.1 Å². The minimum absolute atomic E-state index is 0.0882. The number of anilines is 1. The third-order valence-electron chi connectivity index (χ3n) is 6.66. The summed E-state index contributed by atoms with van der Waals surface area (Å²) in [7, 11) is 1.82. The largest absolute Gasteiger partial charge is 0.378 e. The van der Waals surface area contributed by atoms with Gasteiger partial charge in [-0.1, -0.05) is 36.4 Å². The molecule has 2 heterocycles. The predicted octanol–water partition coefficient (Wildman–Crippen LogP) is 7.38. The lowest BCUT2D eigenvalue weighted by atomic mass is 9.87. The lowest BCUT2D eigenvalue weighted by Crippen LogP contribution is -2.23. The molecule has 5 rings (SSSR count). The molecule has 32 heavy (non-hydrogen) atoms. The molecule has 1 N–H and O–H groups in total. The van der Waals surface area contributed by atoms with Crippen molar-refractivity contribution in [2.24, 2.45) is 0 Å². The fourth-order valence-corrected chi connectivity index (χ4v) is 5.21. The fourth-order valence-electron chi connectivity index (χ4n) is 5.21. The van der Waals surface area contributed by atoms with Gasteiger partial charge in [0, 0.05) is 35.7 Å². The minimum atomic E-state index is 0.0882. The number of ether oxygens (including phenoxy) is 1. The van der Waals surface area contributed by atoms with Crippen LogP contribution in [-0.2, 0) is 4.74 Å². The van der Waals surface area contributed by atoms with Gasteiger partial charge in [-0.05, 0) is 79.8 Å². The van der Waals surface area contributed by atoms with Crippen LogP contribution in [0.3, 0.4) is 0 Å². The Balaban J connectivity index is 1.52. The summed E-state index contributed by atoms with van der Waals surface area (Å²) in [6.07, 6.45) is 0.991. The van der Waals surface area contributed by atoms with Crippen molar-refractivity contribution in [2.75, 3.05) is 12.4 Å². The van der Waals surface area contributed by atoms with Crippen molar-refractivity contribution in [3.05, 3.63) is 94.0 Å². The number of hydrogen-bond acceptors (Lipinski definition) is 3. The van der Waals surface area contributed by atoms with Gasteiger partial charge >= 0.3 is 0 Å². The van der Waals surface area contributed by atoms with Crippen molar-refractivity contribution < 1.29 is 4.74 Å². The molecule has 0 radical (unpaired) electrons. The standard InChI is InChI=1S/C29H30N2O/c1-17-11-19(3)23-9-10-24(30-26(23)13-17)21-7-6-8-22(15-21)25-16-28(32-5)29-20(4)12-18(2)14-27(29)31-25/h6-15,25,28,31H,16H2,1-5H3/t25-,28+/m1/s1. The second-order valence-corrected chi connectivity index (χ2v) is 9.17. The molecule has 3 aromatic carbocycles. The lowest BCUT2D eigenvalue weighted by molar-refractivity contribution is 0.0873. The van der Waals surface area contributed by atoms with Crippen LogP contribution in [0, 0.1) is 27.7 Å². The van der Waals surface area contributed by atoms with Crippen LogP contribution < -0.4 is 5.32 Å². The first-order chi connectivity index (χ1) is 15.4. The molecule has 0 aliphatic carbocycles. The molecule has 0 saturated heterocycles. The number of aromatic nitrogens is 1. The number of hydrogen-bond donors (Lipinski definition) is 1. The van der Waals surface area contributed by atoms with E-state index in [0.29, 0.717) is 0 Å². The molecule has 1 aliphatic rings. The molecule has 3 heteroatoms. The molecule has 0 saturated carbocycles. The quantitative estimate of drug-likeness (QED) is 0.374. The van der Waals surface area contributed by atoms with Crippen molar-refractivity contribution in [1.82, 2.24) is 4.98 Å². The summed E-state index contributed by atoms with van der Waals surface area (Å²) in [5.74, 6) is 0. The maximum absolute atomic E-state index is 5.92. The summed E-state index contributed by atoms with van der Waals surface area (Å²) in [4.78, 5) is 5.00. The minimum Gasteiger partial charge on any atom is -0.378 e. The highest BCUT2D eigenvalue weighted by Crippen LogP contribution is 2.43. The molecular formula is C29H30N2O. The highest BCUT2D eigenvalue weighted by Gasteiger charge is 2.29. The molecule has 0 bridgehead atoms. The molecule has 4 aromatic rings. The average molecular weight is 423 g/mol. The number of pyridine rings is 1. The van der Waals surface area contributed by atoms with E-state index in [-0.39, 0.29) is 12.1 Å². The zero-order valence-electron chi connectivity index (χ0n) is 19.5. The van der Waals surface area contributed by atoms with Crippen LogP contribution in [0.1, 0.15) is 51.9 Å². The van der Waals surface area contributed by atoms with Gasteiger partial charge in [0.1, 0.15) is 0 Å². The molecule has 1 aromatic heterocycles. The first kappa shape index (κ1) is 20.7. The zero-order chi connectivity index (χ0) is 22.4. The Labute approximate surface area is 190 Å². The second-order valence-electron chi connectivity index (χ2n) is 9.17. The van der Waals surface area contributed by atoms with E-state index in [2.05, 4.69) is 93.7 Å². The van der Waals surface area contributed by atoms with E-state index < -0.39 is 0 Å². The number of rotatable bonds is 3. The van der Waals surface area contributed by atoms with E-state index >= 15 is 0 Å². The van der Waals surface area contributed by atoms with Gasteiger partial charge in [-0.3, -0.25) is 0 Å². The average Bonchev–Trinajstić information content (AvgIpc) is 2.77. The first-order valence-electron chi connectivity index (χ1n) is 11.3. The van der Waals surface area contributed by atoms with Crippen LogP contribution in [0.5, 0.6) is 0 Å². The molecule has 0 unspecified atom stereocenters. The van der Waals surface area contributed by atoms with Crippen LogP contribution in [0.2, 0.25) is 0 Å². The molecule has 0 amide bonds. The Hall–Kier alpha value is -3.17. The number of fused-ring (bicyclic) bond motifs is 2. The second kappa shape index (κ2) is 8.07. The Morgan fingerprint density at radius 1 is 0.875 bits per heavy atom. The Morgan fingerprint density at radius 3 is 2.47 bits per heavy atom. The normalized spacial score (nSPS) is 17.8. The van der Waals surface area contributed by atoms with E-state index in [1.165, 1.54) is 44.5 Å². The third kappa shape index (κ3) is 3.67. The lowest BCUT2D eigenvalue weighted by Gasteiger charge is -2.34. The van der Waals surface area contributed by atoms with Gasteiger partial charge in [0.05, 0.1) is 23.4 Å². The summed E-state index contributed by atoms with van der Waals surface area (Å²) in [6.45, 7) is 8.61. The van der Waals surface area contributed by atoms with Gasteiger partial charge in [-0.25, -0.2) is 4.98 Å². The molecule has 0 spiro atoms. The van der Waals surface area contributed by atoms with Crippen LogP contribution >= 0.6 is 0 Å². The van der Waals surface area contributed by atoms with Crippen molar-refractivity contribution in [2.45, 2.75) is 46.3 Å². The van der Waals surface area contributed by atoms with Gasteiger partial charge in [-0.15, -0.1) is 0 Å². The van der Waals surface area contributed by atoms with Gasteiger partial charge in [0.2, 0.25) is 0 Å². The van der Waals surface area contributed by atoms with Crippen LogP contribution in [0.4, 0.5) is 5.69 Å². The Kier molecular flexibility index (Phi) is 5.22. The summed E-state index contributed by atoms with van der Waals surface area (Å²) in [6, 6.07) is 22.2. The number of aryl methyl sites for hydroxylation is 4. The van der Waals surface area contributed by atoms with Crippen LogP contribution in [0.25, 0.3) is 22.2 Å². The monoisotopic (exact) mass is 422 g/mol. The molecule has 1 aliphatic heterocycles. The smallest absolute Gasteiger partial charge is 0.0866 e. The molecule has 3 nitrogen and oxygen atoms in total. The van der Waals surface area contributed by atoms with Crippen molar-refractivity contribution >= 4 is 16.6 Å². The highest BCUT2D eigenvalue weighted by molar-refractivity contribution is 5.85. The summed E-state index contributed by atoms with van der Waals surface area (Å²) < 4.78 is 5.92. The van der Waals surface area contributed by atoms with Crippen LogP contribution in [-0.4, -0.2) is 12.1 Å². The Bertz CT molecular complexity index is 1320. The summed E-state index contributed by atoms with van der Waals surface area (Å²) in [5, 5.41) is 5.00. The van der Waals surface area contributed by atoms with E-state index in [4.69, 9.17) is 9.72 Å². The first-order valence-corrected chi connectivity index (χ1v) is 11.3. The third-order valence-corrected chi connectivity index (χ3v) is 6.66. The molecule has 2 atom stereocenters. The van der Waals surface area contributed by atoms with Crippen molar-refractivity contribution in [1.29, 1.82) is 0 Å². The van der Waals surface area contributed by atoms with E-state index in [9.17, 15) is 0 Å². The van der Waals surface area contributed by atoms with Crippen molar-refractivity contribution in [3.8, 4) is 11.3 Å². The Morgan fingerprint density at radius 2 is 1.66 bits per heavy atom. The maximum atomic E-state index is 5.92. The summed E-state index contributed by atoms with van der Waals surface area (Å²) >= 11 is 0. The maximum Gasteiger partial charge on any atom is 0.0866 e. The molecular weight excluding hydrogens is 392 g/mol. The number of methoxy groups -OCH3 is 1. The number of nitrogens with one attached hydrogen (secondary N) is 1. The SMILES string of the molecule is CO[C@H]1C[C@H](c2cccc(-c3ccc4c(C)cc(C)cc4n3)c2)Nc2cc(C)cc(C)c21. The fraction of sp³-hybridized carbons (Fsp3) is 0.276. The van der Waals surface area contributed by atoms with Gasteiger partial charge in [0.25, 0.3) is 0 Å². The number of nitrogens with zero attached hydrogens (tertiary/aromatic N) is 1. The van der Waals surface area contributed by atoms with Gasteiger partial charge in [0.15, 0.2) is 0 Å². The number of benzene rings is 3. The molecule has 0 fully saturated rings. The molecule has 162 valence electrons. The van der Waals surface area contributed by atoms with Gasteiger partial charge < -0.3 is 10.1 Å².